The van der Waals surface area contributed by atoms with Gasteiger partial charge in [-0.3, -0.25) is 4.79 Å². The van der Waals surface area contributed by atoms with E-state index in [0.29, 0.717) is 5.56 Å². The number of carbonyl (C=O) groups is 2. The lowest BCUT2D eigenvalue weighted by Gasteiger charge is -2.21. The summed E-state index contributed by atoms with van der Waals surface area (Å²) in [5.74, 6) is -1.73. The van der Waals surface area contributed by atoms with Gasteiger partial charge in [-0.1, -0.05) is 56.3 Å². The van der Waals surface area contributed by atoms with Crippen molar-refractivity contribution in [1.82, 2.24) is 5.32 Å². The van der Waals surface area contributed by atoms with Crippen LogP contribution in [-0.2, 0) is 27.4 Å². The van der Waals surface area contributed by atoms with Gasteiger partial charge in [0.15, 0.2) is 0 Å². The fourth-order valence-electron chi connectivity index (χ4n) is 2.58. The van der Waals surface area contributed by atoms with E-state index in [0.717, 1.165) is 17.7 Å². The summed E-state index contributed by atoms with van der Waals surface area (Å²) < 4.78 is 46.1. The first-order valence-corrected chi connectivity index (χ1v) is 8.98. The molecule has 2 rings (SSSR count). The molecule has 0 fully saturated rings. The molecule has 0 spiro atoms. The fourth-order valence-corrected chi connectivity index (χ4v) is 2.58. The van der Waals surface area contributed by atoms with Crippen molar-refractivity contribution in [3.05, 3.63) is 65.7 Å². The third-order valence-electron chi connectivity index (χ3n) is 3.96. The standard InChI is InChI=1S/C21H22F3NO4/c1-14(2)19(20(27)28-13-15-7-4-3-5-8-15)25-18(26)12-16-9-6-10-17(11-16)29-21(22,23)24/h3-11,14,19H,12-13H2,1-2H3,(H,25,26)/t19-/m0/s1. The lowest BCUT2D eigenvalue weighted by Crippen LogP contribution is -2.45. The van der Waals surface area contributed by atoms with Gasteiger partial charge in [-0.2, -0.15) is 0 Å². The second-order valence-corrected chi connectivity index (χ2v) is 6.75. The van der Waals surface area contributed by atoms with Crippen molar-refractivity contribution < 1.29 is 32.2 Å². The van der Waals surface area contributed by atoms with Gasteiger partial charge < -0.3 is 14.8 Å². The molecule has 2 aromatic rings. The van der Waals surface area contributed by atoms with Crippen LogP contribution in [0.2, 0.25) is 0 Å². The molecule has 0 unspecified atom stereocenters. The van der Waals surface area contributed by atoms with Crippen LogP contribution < -0.4 is 10.1 Å². The van der Waals surface area contributed by atoms with Crippen LogP contribution in [0.4, 0.5) is 13.2 Å². The molecule has 0 saturated carbocycles. The molecule has 2 aromatic carbocycles. The molecule has 5 nitrogen and oxygen atoms in total. The second-order valence-electron chi connectivity index (χ2n) is 6.75. The summed E-state index contributed by atoms with van der Waals surface area (Å²) in [7, 11) is 0. The first-order chi connectivity index (χ1) is 13.6. The monoisotopic (exact) mass is 409 g/mol. The van der Waals surface area contributed by atoms with E-state index in [1.54, 1.807) is 13.8 Å². The van der Waals surface area contributed by atoms with E-state index < -0.39 is 30.0 Å². The van der Waals surface area contributed by atoms with Crippen molar-refractivity contribution >= 4 is 11.9 Å². The number of nitrogens with one attached hydrogen (secondary N) is 1. The first kappa shape index (κ1) is 22.3. The van der Waals surface area contributed by atoms with Crippen LogP contribution in [0, 0.1) is 5.92 Å². The molecule has 156 valence electrons. The van der Waals surface area contributed by atoms with Crippen LogP contribution in [0.15, 0.2) is 54.6 Å². The molecule has 0 aromatic heterocycles. The summed E-state index contributed by atoms with van der Waals surface area (Å²) in [6, 6.07) is 13.4. The smallest absolute Gasteiger partial charge is 0.459 e. The molecular formula is C21H22F3NO4. The van der Waals surface area contributed by atoms with Gasteiger partial charge in [0.05, 0.1) is 6.42 Å². The summed E-state index contributed by atoms with van der Waals surface area (Å²) in [5.41, 5.74) is 1.14. The molecule has 0 bridgehead atoms. The second kappa shape index (κ2) is 9.95. The molecule has 1 N–H and O–H groups in total. The number of halogens is 3. The SMILES string of the molecule is CC(C)[C@H](NC(=O)Cc1cccc(OC(F)(F)F)c1)C(=O)OCc1ccccc1. The lowest BCUT2D eigenvalue weighted by atomic mass is 10.0. The van der Waals surface area contributed by atoms with E-state index in [9.17, 15) is 22.8 Å². The van der Waals surface area contributed by atoms with Gasteiger partial charge >= 0.3 is 12.3 Å². The van der Waals surface area contributed by atoms with Crippen LogP contribution in [0.3, 0.4) is 0 Å². The van der Waals surface area contributed by atoms with E-state index in [1.165, 1.54) is 12.1 Å². The predicted molar refractivity (Wildman–Crippen MR) is 99.8 cm³/mol. The quantitative estimate of drug-likeness (QED) is 0.669. The molecule has 0 aliphatic rings. The van der Waals surface area contributed by atoms with Crippen LogP contribution in [0.25, 0.3) is 0 Å². The zero-order valence-corrected chi connectivity index (χ0v) is 16.0. The average Bonchev–Trinajstić information content (AvgIpc) is 2.63. The zero-order valence-electron chi connectivity index (χ0n) is 16.0. The Morgan fingerprint density at radius 2 is 1.66 bits per heavy atom. The van der Waals surface area contributed by atoms with Crippen molar-refractivity contribution in [2.45, 2.75) is 39.3 Å². The van der Waals surface area contributed by atoms with E-state index in [1.807, 2.05) is 30.3 Å². The number of ether oxygens (including phenoxy) is 2. The number of rotatable bonds is 8. The molecular weight excluding hydrogens is 387 g/mol. The number of hydrogen-bond acceptors (Lipinski definition) is 4. The lowest BCUT2D eigenvalue weighted by molar-refractivity contribution is -0.274. The van der Waals surface area contributed by atoms with E-state index in [-0.39, 0.29) is 18.9 Å². The molecule has 29 heavy (non-hydrogen) atoms. The predicted octanol–water partition coefficient (Wildman–Crippen LogP) is 4.01. The van der Waals surface area contributed by atoms with Gasteiger partial charge in [0.25, 0.3) is 0 Å². The zero-order chi connectivity index (χ0) is 21.4. The number of esters is 1. The Kier molecular flexibility index (Phi) is 7.64. The molecule has 1 amide bonds. The van der Waals surface area contributed by atoms with E-state index >= 15 is 0 Å². The van der Waals surface area contributed by atoms with E-state index in [2.05, 4.69) is 10.1 Å². The largest absolute Gasteiger partial charge is 0.573 e. The number of amides is 1. The number of hydrogen-bond donors (Lipinski definition) is 1. The minimum absolute atomic E-state index is 0.0790. The molecule has 8 heteroatoms. The Labute approximate surface area is 166 Å². The highest BCUT2D eigenvalue weighted by atomic mass is 19.4. The van der Waals surface area contributed by atoms with Gasteiger partial charge in [-0.25, -0.2) is 4.79 Å². The van der Waals surface area contributed by atoms with Crippen molar-refractivity contribution in [2.24, 2.45) is 5.92 Å². The van der Waals surface area contributed by atoms with Gasteiger partial charge in [0, 0.05) is 0 Å². The van der Waals surface area contributed by atoms with Crippen molar-refractivity contribution in [2.75, 3.05) is 0 Å². The fraction of sp³-hybridized carbons (Fsp3) is 0.333. The third-order valence-corrected chi connectivity index (χ3v) is 3.96. The summed E-state index contributed by atoms with van der Waals surface area (Å²) in [5, 5.41) is 2.59. The highest BCUT2D eigenvalue weighted by Gasteiger charge is 2.31. The van der Waals surface area contributed by atoms with Crippen LogP contribution in [0.5, 0.6) is 5.75 Å². The summed E-state index contributed by atoms with van der Waals surface area (Å²) in [4.78, 5) is 24.7. The van der Waals surface area contributed by atoms with Crippen molar-refractivity contribution in [3.63, 3.8) is 0 Å². The maximum Gasteiger partial charge on any atom is 0.573 e. The van der Waals surface area contributed by atoms with E-state index in [4.69, 9.17) is 4.74 Å². The minimum atomic E-state index is -4.81. The molecule has 0 radical (unpaired) electrons. The Bertz CT molecular complexity index is 822. The summed E-state index contributed by atoms with van der Waals surface area (Å²) >= 11 is 0. The summed E-state index contributed by atoms with van der Waals surface area (Å²) in [6.07, 6.45) is -5.02. The maximum atomic E-state index is 12.4. The summed E-state index contributed by atoms with van der Waals surface area (Å²) in [6.45, 7) is 3.59. The Morgan fingerprint density at radius 3 is 2.28 bits per heavy atom. The van der Waals surface area contributed by atoms with Gasteiger partial charge in [-0.05, 0) is 29.2 Å². The van der Waals surface area contributed by atoms with Crippen molar-refractivity contribution in [1.29, 1.82) is 0 Å². The third kappa shape index (κ3) is 7.85. The van der Waals surface area contributed by atoms with Crippen molar-refractivity contribution in [3.8, 4) is 5.75 Å². The first-order valence-electron chi connectivity index (χ1n) is 8.98. The molecule has 0 saturated heterocycles. The number of alkyl halides is 3. The average molecular weight is 409 g/mol. The van der Waals surface area contributed by atoms with Crippen LogP contribution in [0.1, 0.15) is 25.0 Å². The van der Waals surface area contributed by atoms with Crippen LogP contribution in [-0.4, -0.2) is 24.3 Å². The van der Waals surface area contributed by atoms with Gasteiger partial charge in [-0.15, -0.1) is 13.2 Å². The normalized spacial score (nSPS) is 12.3. The van der Waals surface area contributed by atoms with Gasteiger partial charge in [0.1, 0.15) is 18.4 Å². The molecule has 1 atom stereocenters. The maximum absolute atomic E-state index is 12.4. The number of carbonyl (C=O) groups excluding carboxylic acids is 2. The van der Waals surface area contributed by atoms with Crippen LogP contribution >= 0.6 is 0 Å². The highest BCUT2D eigenvalue weighted by molar-refractivity contribution is 5.85. The Balaban J connectivity index is 1.95. The molecule has 0 heterocycles. The highest BCUT2D eigenvalue weighted by Crippen LogP contribution is 2.23. The Morgan fingerprint density at radius 1 is 1.00 bits per heavy atom. The number of benzene rings is 2. The molecule has 0 aliphatic heterocycles. The Hall–Kier alpha value is -3.03. The topological polar surface area (TPSA) is 64.6 Å². The molecule has 0 aliphatic carbocycles. The van der Waals surface area contributed by atoms with Gasteiger partial charge in [0.2, 0.25) is 5.91 Å². The minimum Gasteiger partial charge on any atom is -0.459 e.